The van der Waals surface area contributed by atoms with Crippen molar-refractivity contribution in [2.24, 2.45) is 0 Å². The van der Waals surface area contributed by atoms with Crippen LogP contribution < -0.4 is 4.90 Å². The lowest BCUT2D eigenvalue weighted by molar-refractivity contribution is -0.889. The van der Waals surface area contributed by atoms with Crippen molar-refractivity contribution in [1.29, 1.82) is 0 Å². The van der Waals surface area contributed by atoms with E-state index in [9.17, 15) is 0 Å². The summed E-state index contributed by atoms with van der Waals surface area (Å²) in [6.45, 7) is 7.65. The van der Waals surface area contributed by atoms with Gasteiger partial charge in [-0.15, -0.1) is 0 Å². The van der Waals surface area contributed by atoms with Gasteiger partial charge in [0.05, 0.1) is 13.1 Å². The summed E-state index contributed by atoms with van der Waals surface area (Å²) in [7, 11) is 0. The Bertz CT molecular complexity index is 301. The molecule has 0 unspecified atom stereocenters. The summed E-state index contributed by atoms with van der Waals surface area (Å²) in [5.74, 6) is 6.39. The first kappa shape index (κ1) is 10.8. The molecule has 0 aromatic heterocycles. The fraction of sp³-hybridized carbons (Fsp3) is 0.385. The number of benzene rings is 1. The molecule has 0 radical (unpaired) electrons. The van der Waals surface area contributed by atoms with Crippen molar-refractivity contribution in [3.05, 3.63) is 35.9 Å². The standard InChI is InChI=1S/C13H17N/c1-3-14(4-2)12-8-11-13-9-6-5-7-10-13/h5-7,9-10H,3-4,12H2,1-2H3/p+1. The summed E-state index contributed by atoms with van der Waals surface area (Å²) in [5.41, 5.74) is 1.11. The third-order valence-electron chi connectivity index (χ3n) is 2.34. The second-order valence-electron chi connectivity index (χ2n) is 3.30. The topological polar surface area (TPSA) is 4.44 Å². The molecule has 0 bridgehead atoms. The van der Waals surface area contributed by atoms with Gasteiger partial charge in [0.15, 0.2) is 0 Å². The zero-order chi connectivity index (χ0) is 10.2. The zero-order valence-electron chi connectivity index (χ0n) is 9.01. The molecule has 0 saturated heterocycles. The highest BCUT2D eigenvalue weighted by atomic mass is 15.1. The Morgan fingerprint density at radius 1 is 1.07 bits per heavy atom. The van der Waals surface area contributed by atoms with Crippen LogP contribution in [0.25, 0.3) is 0 Å². The van der Waals surface area contributed by atoms with Crippen LogP contribution in [0.2, 0.25) is 0 Å². The van der Waals surface area contributed by atoms with Gasteiger partial charge in [-0.1, -0.05) is 24.1 Å². The second kappa shape index (κ2) is 6.23. The third kappa shape index (κ3) is 3.64. The van der Waals surface area contributed by atoms with E-state index in [0.29, 0.717) is 0 Å². The molecule has 0 fully saturated rings. The number of nitrogens with one attached hydrogen (secondary N) is 1. The van der Waals surface area contributed by atoms with Gasteiger partial charge in [-0.05, 0) is 31.9 Å². The SMILES string of the molecule is CC[NH+](CC)CC#Cc1ccccc1. The molecule has 0 atom stereocenters. The van der Waals surface area contributed by atoms with Crippen molar-refractivity contribution in [3.8, 4) is 11.8 Å². The summed E-state index contributed by atoms with van der Waals surface area (Å²) in [6, 6.07) is 10.2. The molecule has 0 spiro atoms. The van der Waals surface area contributed by atoms with E-state index in [2.05, 4.69) is 25.7 Å². The molecule has 1 aromatic rings. The van der Waals surface area contributed by atoms with Crippen molar-refractivity contribution >= 4 is 0 Å². The number of hydrogen-bond donors (Lipinski definition) is 1. The lowest BCUT2D eigenvalue weighted by Crippen LogP contribution is -3.11. The van der Waals surface area contributed by atoms with Crippen molar-refractivity contribution in [2.75, 3.05) is 19.6 Å². The molecule has 0 aliphatic heterocycles. The van der Waals surface area contributed by atoms with Crippen LogP contribution in [0.15, 0.2) is 30.3 Å². The number of quaternary nitrogens is 1. The molecule has 1 rings (SSSR count). The minimum atomic E-state index is 0.946. The van der Waals surface area contributed by atoms with Crippen LogP contribution in [-0.2, 0) is 0 Å². The molecule has 1 heteroatoms. The summed E-state index contributed by atoms with van der Waals surface area (Å²) < 4.78 is 0. The summed E-state index contributed by atoms with van der Waals surface area (Å²) in [4.78, 5) is 1.54. The fourth-order valence-corrected chi connectivity index (χ4v) is 1.29. The van der Waals surface area contributed by atoms with Crippen molar-refractivity contribution in [3.63, 3.8) is 0 Å². The number of hydrogen-bond acceptors (Lipinski definition) is 0. The minimum absolute atomic E-state index is 0.946. The lowest BCUT2D eigenvalue weighted by Gasteiger charge is -2.10. The van der Waals surface area contributed by atoms with Crippen LogP contribution in [0.3, 0.4) is 0 Å². The van der Waals surface area contributed by atoms with Gasteiger partial charge < -0.3 is 4.90 Å². The largest absolute Gasteiger partial charge is 0.325 e. The van der Waals surface area contributed by atoms with Gasteiger partial charge in [-0.3, -0.25) is 0 Å². The quantitative estimate of drug-likeness (QED) is 0.674. The van der Waals surface area contributed by atoms with Gasteiger partial charge in [-0.2, -0.15) is 0 Å². The van der Waals surface area contributed by atoms with Crippen LogP contribution in [-0.4, -0.2) is 19.6 Å². The molecule has 74 valence electrons. The van der Waals surface area contributed by atoms with E-state index < -0.39 is 0 Å². The Kier molecular flexibility index (Phi) is 4.82. The van der Waals surface area contributed by atoms with Gasteiger partial charge >= 0.3 is 0 Å². The molecule has 0 aliphatic carbocycles. The molecular weight excluding hydrogens is 170 g/mol. The van der Waals surface area contributed by atoms with Crippen LogP contribution in [0.4, 0.5) is 0 Å². The maximum atomic E-state index is 3.22. The van der Waals surface area contributed by atoms with Crippen molar-refractivity contribution < 1.29 is 4.90 Å². The predicted octanol–water partition coefficient (Wildman–Crippen LogP) is 0.963. The molecule has 1 N–H and O–H groups in total. The molecule has 0 saturated carbocycles. The minimum Gasteiger partial charge on any atom is -0.325 e. The molecule has 0 heterocycles. The molecule has 14 heavy (non-hydrogen) atoms. The first-order valence-electron chi connectivity index (χ1n) is 5.24. The van der Waals surface area contributed by atoms with Crippen LogP contribution >= 0.6 is 0 Å². The van der Waals surface area contributed by atoms with E-state index in [1.165, 1.54) is 4.90 Å². The van der Waals surface area contributed by atoms with Crippen LogP contribution in [0.5, 0.6) is 0 Å². The Morgan fingerprint density at radius 2 is 1.71 bits per heavy atom. The Morgan fingerprint density at radius 3 is 2.29 bits per heavy atom. The Hall–Kier alpha value is -1.26. The molecule has 1 aromatic carbocycles. The molecular formula is C13H18N+. The van der Waals surface area contributed by atoms with Gasteiger partial charge in [0.1, 0.15) is 6.54 Å². The highest BCUT2D eigenvalue weighted by molar-refractivity contribution is 5.33. The maximum Gasteiger partial charge on any atom is 0.139 e. The smallest absolute Gasteiger partial charge is 0.139 e. The molecule has 0 amide bonds. The van der Waals surface area contributed by atoms with Crippen LogP contribution in [0, 0.1) is 11.8 Å². The van der Waals surface area contributed by atoms with Crippen molar-refractivity contribution in [2.45, 2.75) is 13.8 Å². The molecule has 0 aliphatic rings. The van der Waals surface area contributed by atoms with Gasteiger partial charge in [-0.25, -0.2) is 0 Å². The predicted molar refractivity (Wildman–Crippen MR) is 60.2 cm³/mol. The summed E-state index contributed by atoms with van der Waals surface area (Å²) in [5, 5.41) is 0. The van der Waals surface area contributed by atoms with E-state index in [1.54, 1.807) is 0 Å². The Labute approximate surface area is 86.7 Å². The van der Waals surface area contributed by atoms with E-state index in [1.807, 2.05) is 30.3 Å². The average Bonchev–Trinajstić information content (AvgIpc) is 2.26. The van der Waals surface area contributed by atoms with E-state index in [-0.39, 0.29) is 0 Å². The van der Waals surface area contributed by atoms with E-state index >= 15 is 0 Å². The Balaban J connectivity index is 2.48. The lowest BCUT2D eigenvalue weighted by atomic mass is 10.2. The van der Waals surface area contributed by atoms with Gasteiger partial charge in [0.2, 0.25) is 0 Å². The van der Waals surface area contributed by atoms with E-state index in [4.69, 9.17) is 0 Å². The first-order valence-corrected chi connectivity index (χ1v) is 5.24. The monoisotopic (exact) mass is 188 g/mol. The van der Waals surface area contributed by atoms with Crippen molar-refractivity contribution in [1.82, 2.24) is 0 Å². The highest BCUT2D eigenvalue weighted by Crippen LogP contribution is 1.93. The van der Waals surface area contributed by atoms with Crippen LogP contribution in [0.1, 0.15) is 19.4 Å². The maximum absolute atomic E-state index is 3.22. The van der Waals surface area contributed by atoms with E-state index in [0.717, 1.165) is 25.2 Å². The zero-order valence-corrected chi connectivity index (χ0v) is 9.01. The summed E-state index contributed by atoms with van der Waals surface area (Å²) in [6.07, 6.45) is 0. The van der Waals surface area contributed by atoms with Gasteiger partial charge in [0, 0.05) is 5.56 Å². The normalized spacial score (nSPS) is 9.64. The first-order chi connectivity index (χ1) is 6.86. The molecule has 1 nitrogen and oxygen atoms in total. The third-order valence-corrected chi connectivity index (χ3v) is 2.34. The number of rotatable bonds is 3. The van der Waals surface area contributed by atoms with Gasteiger partial charge in [0.25, 0.3) is 0 Å². The summed E-state index contributed by atoms with van der Waals surface area (Å²) >= 11 is 0. The average molecular weight is 188 g/mol. The highest BCUT2D eigenvalue weighted by Gasteiger charge is 1.96. The fourth-order valence-electron chi connectivity index (χ4n) is 1.29. The second-order valence-corrected chi connectivity index (χ2v) is 3.30.